The molecule has 0 aliphatic rings. The first kappa shape index (κ1) is 21.8. The molecule has 0 bridgehead atoms. The van der Waals surface area contributed by atoms with Gasteiger partial charge in [-0.15, -0.1) is 0 Å². The minimum atomic E-state index is -3.92. The van der Waals surface area contributed by atoms with Crippen LogP contribution in [0.25, 0.3) is 0 Å². The molecule has 160 valence electrons. The third-order valence-electron chi connectivity index (χ3n) is 4.03. The number of benzene rings is 3. The molecule has 10 heteroatoms. The van der Waals surface area contributed by atoms with Gasteiger partial charge in [-0.3, -0.25) is 14.3 Å². The maximum absolute atomic E-state index is 13.2. The molecule has 4 N–H and O–H groups in total. The summed E-state index contributed by atoms with van der Waals surface area (Å²) < 4.78 is 45.6. The van der Waals surface area contributed by atoms with E-state index in [2.05, 4.69) is 10.0 Å². The fraction of sp³-hybridized carbons (Fsp3) is 0.0476. The van der Waals surface area contributed by atoms with Gasteiger partial charge in [-0.25, -0.2) is 12.8 Å². The summed E-state index contributed by atoms with van der Waals surface area (Å²) in [5.74, 6) is -1.22. The van der Waals surface area contributed by atoms with E-state index in [0.717, 1.165) is 6.07 Å². The van der Waals surface area contributed by atoms with Crippen LogP contribution in [0.2, 0.25) is 0 Å². The van der Waals surface area contributed by atoms with E-state index in [1.165, 1.54) is 66.7 Å². The summed E-state index contributed by atoms with van der Waals surface area (Å²) >= 11 is 0. The number of nitrogens with one attached hydrogen (secondary N) is 2. The summed E-state index contributed by atoms with van der Waals surface area (Å²) in [5, 5.41) is 2.57. The lowest BCUT2D eigenvalue weighted by Gasteiger charge is -2.10. The van der Waals surface area contributed by atoms with E-state index in [1.54, 1.807) is 0 Å². The summed E-state index contributed by atoms with van der Waals surface area (Å²) in [7, 11) is -3.92. The zero-order chi connectivity index (χ0) is 22.4. The van der Waals surface area contributed by atoms with Crippen molar-refractivity contribution in [2.45, 2.75) is 4.90 Å². The number of amides is 2. The van der Waals surface area contributed by atoms with Gasteiger partial charge in [0.05, 0.1) is 10.6 Å². The normalized spacial score (nSPS) is 10.9. The average Bonchev–Trinajstić information content (AvgIpc) is 2.72. The standard InChI is InChI=1S/C21H18FN3O5S/c22-15-2-1-3-17(12-15)25-31(28,29)19-10-6-16(7-11-19)24-20(26)13-30-18-8-4-14(5-9-18)21(23)27/h1-12,25H,13H2,(H2,23,27)(H,24,26). The molecule has 3 aromatic carbocycles. The molecule has 0 aliphatic heterocycles. The molecule has 3 aromatic rings. The van der Waals surface area contributed by atoms with E-state index in [0.29, 0.717) is 17.0 Å². The van der Waals surface area contributed by atoms with Crippen LogP contribution in [0.1, 0.15) is 10.4 Å². The Hall–Kier alpha value is -3.92. The number of rotatable bonds is 8. The van der Waals surface area contributed by atoms with Crippen LogP contribution in [-0.4, -0.2) is 26.8 Å². The van der Waals surface area contributed by atoms with Crippen LogP contribution in [0.4, 0.5) is 15.8 Å². The third-order valence-corrected chi connectivity index (χ3v) is 5.43. The monoisotopic (exact) mass is 443 g/mol. The lowest BCUT2D eigenvalue weighted by Crippen LogP contribution is -2.20. The number of sulfonamides is 1. The van der Waals surface area contributed by atoms with Gasteiger partial charge in [0.15, 0.2) is 6.61 Å². The lowest BCUT2D eigenvalue weighted by atomic mass is 10.2. The second kappa shape index (κ2) is 9.26. The van der Waals surface area contributed by atoms with Crippen molar-refractivity contribution in [2.24, 2.45) is 5.73 Å². The van der Waals surface area contributed by atoms with Crippen LogP contribution >= 0.6 is 0 Å². The van der Waals surface area contributed by atoms with E-state index in [1.807, 2.05) is 0 Å². The van der Waals surface area contributed by atoms with Gasteiger partial charge < -0.3 is 15.8 Å². The molecule has 3 rings (SSSR count). The van der Waals surface area contributed by atoms with Gasteiger partial charge >= 0.3 is 0 Å². The van der Waals surface area contributed by atoms with Crippen molar-refractivity contribution in [3.05, 3.63) is 84.2 Å². The summed E-state index contributed by atoms with van der Waals surface area (Å²) in [6, 6.07) is 16.5. The van der Waals surface area contributed by atoms with E-state index >= 15 is 0 Å². The molecule has 0 aliphatic carbocycles. The third kappa shape index (κ3) is 6.03. The van der Waals surface area contributed by atoms with Gasteiger partial charge in [-0.2, -0.15) is 0 Å². The van der Waals surface area contributed by atoms with Gasteiger partial charge in [0.25, 0.3) is 15.9 Å². The molecular formula is C21H18FN3O5S. The van der Waals surface area contributed by atoms with E-state index in [9.17, 15) is 22.4 Å². The van der Waals surface area contributed by atoms with Gasteiger partial charge in [-0.05, 0) is 66.7 Å². The highest BCUT2D eigenvalue weighted by molar-refractivity contribution is 7.92. The van der Waals surface area contributed by atoms with Crippen molar-refractivity contribution in [1.29, 1.82) is 0 Å². The number of nitrogens with two attached hydrogens (primary N) is 1. The van der Waals surface area contributed by atoms with Crippen molar-refractivity contribution in [1.82, 2.24) is 0 Å². The van der Waals surface area contributed by atoms with Gasteiger partial charge in [0, 0.05) is 11.3 Å². The van der Waals surface area contributed by atoms with Gasteiger partial charge in [0.1, 0.15) is 11.6 Å². The Morgan fingerprint density at radius 2 is 1.61 bits per heavy atom. The van der Waals surface area contributed by atoms with Crippen LogP contribution in [-0.2, 0) is 14.8 Å². The molecule has 2 amide bonds. The molecule has 0 unspecified atom stereocenters. The molecule has 0 saturated carbocycles. The summed E-state index contributed by atoms with van der Waals surface area (Å²) in [5.41, 5.74) is 5.93. The van der Waals surface area contributed by atoms with Crippen molar-refractivity contribution in [3.8, 4) is 5.75 Å². The van der Waals surface area contributed by atoms with Crippen LogP contribution in [0.5, 0.6) is 5.75 Å². The molecule has 0 saturated heterocycles. The Kier molecular flexibility index (Phi) is 6.51. The summed E-state index contributed by atoms with van der Waals surface area (Å²) in [6.45, 7) is -0.295. The van der Waals surface area contributed by atoms with Crippen molar-refractivity contribution in [3.63, 3.8) is 0 Å². The maximum Gasteiger partial charge on any atom is 0.262 e. The molecule has 0 heterocycles. The number of carbonyl (C=O) groups excluding carboxylic acids is 2. The second-order valence-corrected chi connectivity index (χ2v) is 8.05. The quantitative estimate of drug-likeness (QED) is 0.493. The van der Waals surface area contributed by atoms with Crippen molar-refractivity contribution < 1.29 is 27.1 Å². The lowest BCUT2D eigenvalue weighted by molar-refractivity contribution is -0.118. The molecule has 31 heavy (non-hydrogen) atoms. The Morgan fingerprint density at radius 1 is 0.935 bits per heavy atom. The number of hydrogen-bond donors (Lipinski definition) is 3. The largest absolute Gasteiger partial charge is 0.484 e. The van der Waals surface area contributed by atoms with Gasteiger partial charge in [-0.1, -0.05) is 6.07 Å². The highest BCUT2D eigenvalue weighted by Crippen LogP contribution is 2.19. The highest BCUT2D eigenvalue weighted by atomic mass is 32.2. The van der Waals surface area contributed by atoms with Gasteiger partial charge in [0.2, 0.25) is 5.91 Å². The van der Waals surface area contributed by atoms with E-state index in [4.69, 9.17) is 10.5 Å². The Balaban J connectivity index is 1.57. The van der Waals surface area contributed by atoms with Crippen molar-refractivity contribution in [2.75, 3.05) is 16.6 Å². The van der Waals surface area contributed by atoms with Crippen molar-refractivity contribution >= 4 is 33.2 Å². The Bertz CT molecular complexity index is 1200. The first-order valence-electron chi connectivity index (χ1n) is 8.94. The topological polar surface area (TPSA) is 128 Å². The predicted octanol–water partition coefficient (Wildman–Crippen LogP) is 2.74. The Morgan fingerprint density at radius 3 is 2.23 bits per heavy atom. The molecule has 0 atom stereocenters. The van der Waals surface area contributed by atoms with Crippen LogP contribution in [0.15, 0.2) is 77.7 Å². The van der Waals surface area contributed by atoms with E-state index in [-0.39, 0.29) is 17.2 Å². The Labute approximate surface area is 177 Å². The van der Waals surface area contributed by atoms with Crippen LogP contribution < -0.4 is 20.5 Å². The fourth-order valence-electron chi connectivity index (χ4n) is 2.54. The highest BCUT2D eigenvalue weighted by Gasteiger charge is 2.15. The fourth-order valence-corrected chi connectivity index (χ4v) is 3.59. The summed E-state index contributed by atoms with van der Waals surface area (Å²) in [4.78, 5) is 23.0. The minimum absolute atomic E-state index is 0.0550. The molecule has 0 spiro atoms. The molecule has 0 radical (unpaired) electrons. The SMILES string of the molecule is NC(=O)c1ccc(OCC(=O)Nc2ccc(S(=O)(=O)Nc3cccc(F)c3)cc2)cc1. The zero-order valence-electron chi connectivity index (χ0n) is 16.0. The minimum Gasteiger partial charge on any atom is -0.484 e. The maximum atomic E-state index is 13.2. The number of halogens is 1. The van der Waals surface area contributed by atoms with Crippen LogP contribution in [0, 0.1) is 5.82 Å². The molecule has 0 aromatic heterocycles. The first-order chi connectivity index (χ1) is 14.7. The smallest absolute Gasteiger partial charge is 0.262 e. The number of hydrogen-bond acceptors (Lipinski definition) is 5. The first-order valence-corrected chi connectivity index (χ1v) is 10.4. The zero-order valence-corrected chi connectivity index (χ0v) is 16.9. The number of primary amides is 1. The number of anilines is 2. The summed E-state index contributed by atoms with van der Waals surface area (Å²) in [6.07, 6.45) is 0. The molecule has 8 nitrogen and oxygen atoms in total. The van der Waals surface area contributed by atoms with E-state index < -0.39 is 27.7 Å². The predicted molar refractivity (Wildman–Crippen MR) is 113 cm³/mol. The average molecular weight is 443 g/mol. The number of carbonyl (C=O) groups is 2. The van der Waals surface area contributed by atoms with Crippen LogP contribution in [0.3, 0.4) is 0 Å². The second-order valence-electron chi connectivity index (χ2n) is 6.37. The number of ether oxygens (including phenoxy) is 1. The molecular weight excluding hydrogens is 425 g/mol. The molecule has 0 fully saturated rings.